The van der Waals surface area contributed by atoms with Crippen molar-refractivity contribution in [3.63, 3.8) is 0 Å². The van der Waals surface area contributed by atoms with Crippen LogP contribution in [0.3, 0.4) is 0 Å². The lowest BCUT2D eigenvalue weighted by Crippen LogP contribution is -2.30. The molecule has 1 aliphatic rings. The van der Waals surface area contributed by atoms with E-state index in [1.807, 2.05) is 0 Å². The smallest absolute Gasteiger partial charge is 0.311 e. The molecule has 0 bridgehead atoms. The summed E-state index contributed by atoms with van der Waals surface area (Å²) in [5.74, 6) is -1.53. The highest BCUT2D eigenvalue weighted by molar-refractivity contribution is 7.16. The molecule has 1 atom stereocenters. The molecule has 0 unspecified atom stereocenters. The summed E-state index contributed by atoms with van der Waals surface area (Å²) in [7, 11) is 0. The second-order valence-corrected chi connectivity index (χ2v) is 7.91. The fourth-order valence-corrected chi connectivity index (χ4v) is 4.51. The zero-order valence-corrected chi connectivity index (χ0v) is 16.4. The number of ether oxygens (including phenoxy) is 1. The molecular formula is C21H21FN2O3S. The van der Waals surface area contributed by atoms with Gasteiger partial charge in [0.25, 0.3) is 5.91 Å². The van der Waals surface area contributed by atoms with Crippen molar-refractivity contribution in [2.75, 3.05) is 5.32 Å². The lowest BCUT2D eigenvalue weighted by molar-refractivity contribution is -0.152. The van der Waals surface area contributed by atoms with Gasteiger partial charge in [-0.25, -0.2) is 4.39 Å². The maximum absolute atomic E-state index is 13.2. The number of hydrogen-bond donors (Lipinski definition) is 1. The Bertz CT molecular complexity index is 932. The van der Waals surface area contributed by atoms with Crippen LogP contribution in [0.5, 0.6) is 0 Å². The van der Waals surface area contributed by atoms with Gasteiger partial charge in [-0.3, -0.25) is 9.59 Å². The lowest BCUT2D eigenvalue weighted by atomic mass is 10.1. The molecule has 7 heteroatoms. The monoisotopic (exact) mass is 400 g/mol. The number of rotatable bonds is 5. The van der Waals surface area contributed by atoms with E-state index in [9.17, 15) is 19.2 Å². The number of fused-ring (bicyclic) bond motifs is 1. The summed E-state index contributed by atoms with van der Waals surface area (Å²) in [5.41, 5.74) is 2.04. The van der Waals surface area contributed by atoms with Crippen LogP contribution >= 0.6 is 11.3 Å². The number of thiophene rings is 1. The van der Waals surface area contributed by atoms with Gasteiger partial charge in [0.2, 0.25) is 0 Å². The van der Waals surface area contributed by atoms with Crippen molar-refractivity contribution in [3.8, 4) is 6.07 Å². The molecule has 1 aromatic heterocycles. The van der Waals surface area contributed by atoms with Crippen molar-refractivity contribution in [1.82, 2.24) is 0 Å². The third-order valence-electron chi connectivity index (χ3n) is 4.68. The largest absolute Gasteiger partial charge is 0.452 e. The normalized spacial score (nSPS) is 14.3. The second kappa shape index (κ2) is 8.98. The van der Waals surface area contributed by atoms with Crippen molar-refractivity contribution in [3.05, 3.63) is 51.7 Å². The van der Waals surface area contributed by atoms with Crippen LogP contribution in [-0.4, -0.2) is 18.0 Å². The molecule has 2 aromatic rings. The number of aryl methyl sites for hydroxylation is 1. The summed E-state index contributed by atoms with van der Waals surface area (Å²) in [4.78, 5) is 25.6. The molecule has 1 amide bonds. The Hall–Kier alpha value is -2.72. The molecule has 1 aromatic carbocycles. The summed E-state index contributed by atoms with van der Waals surface area (Å²) in [6.45, 7) is 1.48. The molecule has 1 N–H and O–H groups in total. The van der Waals surface area contributed by atoms with Gasteiger partial charge in [0.15, 0.2) is 6.10 Å². The van der Waals surface area contributed by atoms with E-state index in [1.165, 1.54) is 36.5 Å². The van der Waals surface area contributed by atoms with Gasteiger partial charge in [-0.15, -0.1) is 11.3 Å². The van der Waals surface area contributed by atoms with Gasteiger partial charge < -0.3 is 10.1 Å². The summed E-state index contributed by atoms with van der Waals surface area (Å²) in [5, 5.41) is 12.8. The first kappa shape index (κ1) is 20.0. The molecule has 3 rings (SSSR count). The molecule has 1 aliphatic carbocycles. The Labute approximate surface area is 167 Å². The molecule has 1 heterocycles. The maximum atomic E-state index is 13.2. The molecule has 0 radical (unpaired) electrons. The van der Waals surface area contributed by atoms with Crippen molar-refractivity contribution in [2.45, 2.75) is 51.6 Å². The van der Waals surface area contributed by atoms with Gasteiger partial charge in [0.1, 0.15) is 16.9 Å². The molecule has 0 fully saturated rings. The van der Waals surface area contributed by atoms with Crippen LogP contribution in [0.15, 0.2) is 24.3 Å². The average molecular weight is 400 g/mol. The van der Waals surface area contributed by atoms with E-state index in [2.05, 4.69) is 11.4 Å². The molecule has 5 nitrogen and oxygen atoms in total. The van der Waals surface area contributed by atoms with Gasteiger partial charge in [-0.1, -0.05) is 18.6 Å². The van der Waals surface area contributed by atoms with E-state index in [1.54, 1.807) is 6.07 Å². The topological polar surface area (TPSA) is 79.2 Å². The highest BCUT2D eigenvalue weighted by Gasteiger charge is 2.24. The van der Waals surface area contributed by atoms with E-state index in [4.69, 9.17) is 4.74 Å². The third kappa shape index (κ3) is 4.76. The van der Waals surface area contributed by atoms with Crippen molar-refractivity contribution in [2.24, 2.45) is 0 Å². The van der Waals surface area contributed by atoms with Crippen LogP contribution in [0.1, 0.15) is 47.8 Å². The Balaban J connectivity index is 1.63. The molecule has 28 heavy (non-hydrogen) atoms. The minimum absolute atomic E-state index is 0.119. The lowest BCUT2D eigenvalue weighted by Gasteiger charge is -2.13. The Morgan fingerprint density at radius 2 is 2.11 bits per heavy atom. The molecule has 0 saturated carbocycles. The molecule has 0 saturated heterocycles. The van der Waals surface area contributed by atoms with Crippen molar-refractivity contribution in [1.29, 1.82) is 5.26 Å². The Kier molecular flexibility index (Phi) is 6.42. The minimum Gasteiger partial charge on any atom is -0.452 e. The number of halogens is 1. The van der Waals surface area contributed by atoms with Crippen molar-refractivity contribution < 1.29 is 18.7 Å². The molecule has 0 aliphatic heterocycles. The number of esters is 1. The highest BCUT2D eigenvalue weighted by atomic mass is 32.1. The molecule has 146 valence electrons. The zero-order chi connectivity index (χ0) is 20.1. The standard InChI is InChI=1S/C21H21FN2O3S/c1-13(27-19(25)11-14-6-5-7-15(22)10-14)20(26)24-21-17(12-23)16-8-3-2-4-9-18(16)28-21/h5-7,10,13H,2-4,8-9,11H2,1H3,(H,24,26)/t13-/m0/s1. The number of hydrogen-bond acceptors (Lipinski definition) is 5. The summed E-state index contributed by atoms with van der Waals surface area (Å²) < 4.78 is 18.4. The van der Waals surface area contributed by atoms with E-state index in [0.717, 1.165) is 42.5 Å². The fourth-order valence-electron chi connectivity index (χ4n) is 3.27. The van der Waals surface area contributed by atoms with Crippen LogP contribution in [0, 0.1) is 17.1 Å². The molecule has 0 spiro atoms. The van der Waals surface area contributed by atoms with Crippen LogP contribution in [-0.2, 0) is 33.6 Å². The number of nitriles is 1. The van der Waals surface area contributed by atoms with Gasteiger partial charge in [0, 0.05) is 4.88 Å². The predicted molar refractivity (Wildman–Crippen MR) is 105 cm³/mol. The maximum Gasteiger partial charge on any atom is 0.311 e. The number of anilines is 1. The van der Waals surface area contributed by atoms with E-state index >= 15 is 0 Å². The van der Waals surface area contributed by atoms with Crippen molar-refractivity contribution >= 4 is 28.2 Å². The fraction of sp³-hybridized carbons (Fsp3) is 0.381. The molecular weight excluding hydrogens is 379 g/mol. The van der Waals surface area contributed by atoms with Crippen LogP contribution in [0.4, 0.5) is 9.39 Å². The number of benzene rings is 1. The number of amides is 1. The number of nitrogens with zero attached hydrogens (tertiary/aromatic N) is 1. The second-order valence-electron chi connectivity index (χ2n) is 6.81. The van der Waals surface area contributed by atoms with Gasteiger partial charge >= 0.3 is 5.97 Å². The summed E-state index contributed by atoms with van der Waals surface area (Å²) in [6.07, 6.45) is 3.90. The van der Waals surface area contributed by atoms with Crippen LogP contribution < -0.4 is 5.32 Å². The number of nitrogens with one attached hydrogen (secondary N) is 1. The minimum atomic E-state index is -1.02. The van der Waals surface area contributed by atoms with Gasteiger partial charge in [-0.05, 0) is 55.9 Å². The summed E-state index contributed by atoms with van der Waals surface area (Å²) in [6, 6.07) is 7.88. The van der Waals surface area contributed by atoms with Crippen LogP contribution in [0.2, 0.25) is 0 Å². The highest BCUT2D eigenvalue weighted by Crippen LogP contribution is 2.37. The van der Waals surface area contributed by atoms with Crippen LogP contribution in [0.25, 0.3) is 0 Å². The Morgan fingerprint density at radius 3 is 2.86 bits per heavy atom. The first-order valence-corrected chi connectivity index (χ1v) is 10.1. The third-order valence-corrected chi connectivity index (χ3v) is 5.89. The van der Waals surface area contributed by atoms with Gasteiger partial charge in [0.05, 0.1) is 12.0 Å². The average Bonchev–Trinajstić information content (AvgIpc) is 2.81. The van der Waals surface area contributed by atoms with E-state index in [0.29, 0.717) is 16.1 Å². The number of carbonyl (C=O) groups excluding carboxylic acids is 2. The summed E-state index contributed by atoms with van der Waals surface area (Å²) >= 11 is 1.43. The predicted octanol–water partition coefficient (Wildman–Crippen LogP) is 4.14. The Morgan fingerprint density at radius 1 is 1.32 bits per heavy atom. The zero-order valence-electron chi connectivity index (χ0n) is 15.6. The quantitative estimate of drug-likeness (QED) is 0.604. The number of carbonyl (C=O) groups is 2. The first-order valence-electron chi connectivity index (χ1n) is 9.27. The van der Waals surface area contributed by atoms with E-state index in [-0.39, 0.29) is 6.42 Å². The first-order chi connectivity index (χ1) is 13.5. The SMILES string of the molecule is C[C@H](OC(=O)Cc1cccc(F)c1)C(=O)Nc1sc2c(c1C#N)CCCCC2. The van der Waals surface area contributed by atoms with E-state index < -0.39 is 23.8 Å². The van der Waals surface area contributed by atoms with Gasteiger partial charge in [-0.2, -0.15) is 5.26 Å².